The molecular formula is C24H18ClIN2O3. The first-order valence-electron chi connectivity index (χ1n) is 9.23. The second kappa shape index (κ2) is 10.8. The number of hydrogen-bond acceptors (Lipinski definition) is 4. The second-order valence-electron chi connectivity index (χ2n) is 6.39. The molecule has 0 atom stereocenters. The summed E-state index contributed by atoms with van der Waals surface area (Å²) in [6, 6.07) is 22.1. The maximum atomic E-state index is 12.2. The predicted molar refractivity (Wildman–Crippen MR) is 131 cm³/mol. The number of anilines is 1. The third-order valence-corrected chi connectivity index (χ3v) is 5.38. The van der Waals surface area contributed by atoms with E-state index in [4.69, 9.17) is 21.1 Å². The Hall–Kier alpha value is -3.02. The predicted octanol–water partition coefficient (Wildman–Crippen LogP) is 6.03. The number of carbonyl (C=O) groups excluding carboxylic acids is 1. The van der Waals surface area contributed by atoms with Gasteiger partial charge in [-0.1, -0.05) is 48.0 Å². The normalized spacial score (nSPS) is 10.8. The van der Waals surface area contributed by atoms with Crippen LogP contribution in [0.2, 0.25) is 5.02 Å². The summed E-state index contributed by atoms with van der Waals surface area (Å²) in [5.41, 5.74) is 2.53. The molecule has 3 rings (SSSR count). The highest BCUT2D eigenvalue weighted by Crippen LogP contribution is 2.35. The monoisotopic (exact) mass is 544 g/mol. The van der Waals surface area contributed by atoms with Gasteiger partial charge in [0.2, 0.25) is 0 Å². The van der Waals surface area contributed by atoms with Crippen molar-refractivity contribution in [1.29, 1.82) is 5.26 Å². The minimum absolute atomic E-state index is 0.167. The van der Waals surface area contributed by atoms with Gasteiger partial charge in [-0.25, -0.2) is 0 Å². The number of hydrogen-bond donors (Lipinski definition) is 1. The number of nitrogens with one attached hydrogen (secondary N) is 1. The molecule has 7 heteroatoms. The van der Waals surface area contributed by atoms with E-state index in [0.29, 0.717) is 33.3 Å². The summed E-state index contributed by atoms with van der Waals surface area (Å²) < 4.78 is 11.9. The molecule has 0 aliphatic heterocycles. The molecule has 1 N–H and O–H groups in total. The summed E-state index contributed by atoms with van der Waals surface area (Å²) in [6.07, 6.45) is 1.73. The van der Waals surface area contributed by atoms with E-state index >= 15 is 0 Å². The van der Waals surface area contributed by atoms with E-state index in [0.717, 1.165) is 9.13 Å². The SMILES string of the molecule is COc1cc(C=C(C#N)c2ccccc2Cl)cc(I)c1OCC(=O)Nc1ccccc1. The Morgan fingerprint density at radius 3 is 2.55 bits per heavy atom. The lowest BCUT2D eigenvalue weighted by molar-refractivity contribution is -0.118. The van der Waals surface area contributed by atoms with Crippen molar-refractivity contribution in [2.75, 3.05) is 19.0 Å². The van der Waals surface area contributed by atoms with Crippen LogP contribution in [0.1, 0.15) is 11.1 Å². The molecule has 0 saturated carbocycles. The summed E-state index contributed by atoms with van der Waals surface area (Å²) in [4.78, 5) is 12.2. The Bertz CT molecular complexity index is 1160. The Morgan fingerprint density at radius 1 is 1.16 bits per heavy atom. The van der Waals surface area contributed by atoms with Gasteiger partial charge in [-0.2, -0.15) is 5.26 Å². The quantitative estimate of drug-likeness (QED) is 0.224. The fourth-order valence-electron chi connectivity index (χ4n) is 2.84. The Kier molecular flexibility index (Phi) is 7.93. The van der Waals surface area contributed by atoms with Crippen molar-refractivity contribution in [2.45, 2.75) is 0 Å². The molecule has 156 valence electrons. The van der Waals surface area contributed by atoms with Crippen LogP contribution in [0.4, 0.5) is 5.69 Å². The average Bonchev–Trinajstić information content (AvgIpc) is 2.77. The van der Waals surface area contributed by atoms with Gasteiger partial charge in [0.1, 0.15) is 0 Å². The number of methoxy groups -OCH3 is 1. The van der Waals surface area contributed by atoms with E-state index in [-0.39, 0.29) is 12.5 Å². The molecule has 1 amide bonds. The van der Waals surface area contributed by atoms with E-state index in [1.807, 2.05) is 36.4 Å². The number of allylic oxidation sites excluding steroid dienone is 1. The second-order valence-corrected chi connectivity index (χ2v) is 7.96. The van der Waals surface area contributed by atoms with Gasteiger partial charge in [-0.3, -0.25) is 4.79 Å². The van der Waals surface area contributed by atoms with Crippen LogP contribution in [-0.2, 0) is 4.79 Å². The highest BCUT2D eigenvalue weighted by Gasteiger charge is 2.14. The number of benzene rings is 3. The lowest BCUT2D eigenvalue weighted by Gasteiger charge is -2.14. The lowest BCUT2D eigenvalue weighted by Crippen LogP contribution is -2.20. The molecule has 3 aromatic carbocycles. The molecule has 0 spiro atoms. The van der Waals surface area contributed by atoms with Crippen LogP contribution >= 0.6 is 34.2 Å². The molecule has 0 saturated heterocycles. The first kappa shape index (κ1) is 22.7. The van der Waals surface area contributed by atoms with Gasteiger partial charge >= 0.3 is 0 Å². The fourth-order valence-corrected chi connectivity index (χ4v) is 3.85. The molecule has 3 aromatic rings. The number of ether oxygens (including phenoxy) is 2. The van der Waals surface area contributed by atoms with Gasteiger partial charge in [-0.05, 0) is 64.6 Å². The van der Waals surface area contributed by atoms with Crippen LogP contribution in [0.3, 0.4) is 0 Å². The number of carbonyl (C=O) groups is 1. The Labute approximate surface area is 199 Å². The number of para-hydroxylation sites is 1. The molecule has 0 unspecified atom stereocenters. The van der Waals surface area contributed by atoms with Crippen LogP contribution in [-0.4, -0.2) is 19.6 Å². The number of nitriles is 1. The molecule has 0 radical (unpaired) electrons. The van der Waals surface area contributed by atoms with Crippen molar-refractivity contribution in [1.82, 2.24) is 0 Å². The summed E-state index contributed by atoms with van der Waals surface area (Å²) in [5, 5.41) is 12.9. The molecule has 0 fully saturated rings. The van der Waals surface area contributed by atoms with Crippen molar-refractivity contribution >= 4 is 57.4 Å². The Balaban J connectivity index is 1.81. The highest BCUT2D eigenvalue weighted by atomic mass is 127. The van der Waals surface area contributed by atoms with E-state index in [1.54, 1.807) is 36.4 Å². The van der Waals surface area contributed by atoms with Crippen LogP contribution in [0, 0.1) is 14.9 Å². The number of halogens is 2. The van der Waals surface area contributed by atoms with Gasteiger partial charge in [0.15, 0.2) is 18.1 Å². The van der Waals surface area contributed by atoms with Gasteiger partial charge in [0, 0.05) is 16.3 Å². The number of rotatable bonds is 7. The number of nitrogens with zero attached hydrogens (tertiary/aromatic N) is 1. The maximum absolute atomic E-state index is 12.2. The molecule has 0 aliphatic carbocycles. The van der Waals surface area contributed by atoms with Gasteiger partial charge in [0.25, 0.3) is 5.91 Å². The minimum Gasteiger partial charge on any atom is -0.493 e. The maximum Gasteiger partial charge on any atom is 0.262 e. The van der Waals surface area contributed by atoms with E-state index in [9.17, 15) is 10.1 Å². The number of amides is 1. The van der Waals surface area contributed by atoms with Gasteiger partial charge < -0.3 is 14.8 Å². The van der Waals surface area contributed by atoms with Crippen LogP contribution in [0.5, 0.6) is 11.5 Å². The standard InChI is InChI=1S/C24H18ClIN2O3/c1-30-22-13-16(11-17(14-27)19-9-5-6-10-20(19)25)12-21(26)24(22)31-15-23(29)28-18-7-3-2-4-8-18/h2-13H,15H2,1H3,(H,28,29). The molecule has 31 heavy (non-hydrogen) atoms. The van der Waals surface area contributed by atoms with Crippen molar-refractivity contribution in [3.63, 3.8) is 0 Å². The minimum atomic E-state index is -0.279. The summed E-state index contributed by atoms with van der Waals surface area (Å²) >= 11 is 8.34. The summed E-state index contributed by atoms with van der Waals surface area (Å²) in [6.45, 7) is -0.167. The van der Waals surface area contributed by atoms with E-state index < -0.39 is 0 Å². The highest BCUT2D eigenvalue weighted by molar-refractivity contribution is 14.1. The zero-order valence-corrected chi connectivity index (χ0v) is 19.5. The first-order chi connectivity index (χ1) is 15.0. The zero-order chi connectivity index (χ0) is 22.2. The van der Waals surface area contributed by atoms with E-state index in [2.05, 4.69) is 34.0 Å². The fraction of sp³-hybridized carbons (Fsp3) is 0.0833. The lowest BCUT2D eigenvalue weighted by atomic mass is 10.0. The van der Waals surface area contributed by atoms with Gasteiger partial charge in [0.05, 0.1) is 22.3 Å². The molecule has 0 aromatic heterocycles. The molecular weight excluding hydrogens is 527 g/mol. The van der Waals surface area contributed by atoms with Crippen LogP contribution < -0.4 is 14.8 Å². The molecule has 0 heterocycles. The largest absolute Gasteiger partial charge is 0.493 e. The Morgan fingerprint density at radius 2 is 1.87 bits per heavy atom. The van der Waals surface area contributed by atoms with Crippen molar-refractivity contribution in [3.8, 4) is 17.6 Å². The zero-order valence-electron chi connectivity index (χ0n) is 16.6. The molecule has 0 bridgehead atoms. The van der Waals surface area contributed by atoms with E-state index in [1.165, 1.54) is 7.11 Å². The third-order valence-electron chi connectivity index (χ3n) is 4.25. The molecule has 5 nitrogen and oxygen atoms in total. The third kappa shape index (κ3) is 6.00. The van der Waals surface area contributed by atoms with Crippen molar-refractivity contribution < 1.29 is 14.3 Å². The topological polar surface area (TPSA) is 71.3 Å². The summed E-state index contributed by atoms with van der Waals surface area (Å²) in [7, 11) is 1.52. The van der Waals surface area contributed by atoms with Crippen molar-refractivity contribution in [2.24, 2.45) is 0 Å². The smallest absolute Gasteiger partial charge is 0.262 e. The van der Waals surface area contributed by atoms with Crippen LogP contribution in [0.15, 0.2) is 66.7 Å². The summed E-state index contributed by atoms with van der Waals surface area (Å²) in [5.74, 6) is 0.639. The van der Waals surface area contributed by atoms with Crippen molar-refractivity contribution in [3.05, 3.63) is 86.4 Å². The first-order valence-corrected chi connectivity index (χ1v) is 10.7. The molecule has 0 aliphatic rings. The van der Waals surface area contributed by atoms with Gasteiger partial charge in [-0.15, -0.1) is 0 Å². The van der Waals surface area contributed by atoms with Crippen LogP contribution in [0.25, 0.3) is 11.6 Å². The average molecular weight is 545 g/mol.